The maximum Gasteiger partial charge on any atom is 0.340 e. The first-order valence-corrected chi connectivity index (χ1v) is 9.33. The van der Waals surface area contributed by atoms with Crippen molar-refractivity contribution in [3.63, 3.8) is 0 Å². The Morgan fingerprint density at radius 1 is 0.750 bits per heavy atom. The second-order valence-corrected chi connectivity index (χ2v) is 9.24. The summed E-state index contributed by atoms with van der Waals surface area (Å²) in [6.45, 7) is -1.90. The Morgan fingerprint density at radius 2 is 1.04 bits per heavy atom. The van der Waals surface area contributed by atoms with Crippen LogP contribution in [0, 0.1) is 11.6 Å². The lowest BCUT2D eigenvalue weighted by Crippen LogP contribution is -2.45. The Kier molecular flexibility index (Phi) is 4.75. The molecule has 2 aromatic rings. The van der Waals surface area contributed by atoms with E-state index in [1.165, 1.54) is 0 Å². The summed E-state index contributed by atoms with van der Waals surface area (Å²) in [7, 11) is -10.5. The number of alkyl halides is 1. The van der Waals surface area contributed by atoms with Crippen LogP contribution in [-0.2, 0) is 19.7 Å². The highest BCUT2D eigenvalue weighted by atomic mass is 32.3. The van der Waals surface area contributed by atoms with Gasteiger partial charge in [0.15, 0.2) is 0 Å². The predicted octanol–water partition coefficient (Wildman–Crippen LogP) is 1.83. The summed E-state index contributed by atoms with van der Waals surface area (Å²) < 4.78 is 86.2. The van der Waals surface area contributed by atoms with Crippen molar-refractivity contribution in [2.75, 3.05) is 6.61 Å². The molecule has 130 valence electrons. The quantitative estimate of drug-likeness (QED) is 0.800. The van der Waals surface area contributed by atoms with Gasteiger partial charge in [-0.15, -0.1) is 0 Å². The molecule has 2 aromatic carbocycles. The molecule has 1 N–H and O–H groups in total. The van der Waals surface area contributed by atoms with Crippen molar-refractivity contribution in [3.05, 3.63) is 60.2 Å². The molecule has 0 bridgehead atoms. The molecule has 0 heterocycles. The molecule has 0 aromatic heterocycles. The molecule has 10 heteroatoms. The lowest BCUT2D eigenvalue weighted by atomic mass is 10.4. The van der Waals surface area contributed by atoms with Gasteiger partial charge in [-0.1, -0.05) is 0 Å². The minimum absolute atomic E-state index is 0.675. The van der Waals surface area contributed by atoms with E-state index >= 15 is 4.39 Å². The lowest BCUT2D eigenvalue weighted by molar-refractivity contribution is 0.196. The highest BCUT2D eigenvalue weighted by Gasteiger charge is 2.57. The highest BCUT2D eigenvalue weighted by Crippen LogP contribution is 2.36. The first-order chi connectivity index (χ1) is 11.1. The van der Waals surface area contributed by atoms with Gasteiger partial charge in [-0.25, -0.2) is 30.0 Å². The summed E-state index contributed by atoms with van der Waals surface area (Å²) in [5, 5.41) is 9.21. The van der Waals surface area contributed by atoms with E-state index in [0.717, 1.165) is 0 Å². The molecule has 5 nitrogen and oxygen atoms in total. The number of hydrogen-bond acceptors (Lipinski definition) is 5. The van der Waals surface area contributed by atoms with Crippen LogP contribution in [0.25, 0.3) is 0 Å². The van der Waals surface area contributed by atoms with Crippen LogP contribution in [0.15, 0.2) is 58.3 Å². The molecule has 0 aliphatic carbocycles. The third-order valence-electron chi connectivity index (χ3n) is 3.24. The molecule has 0 saturated carbocycles. The Morgan fingerprint density at radius 3 is 1.29 bits per heavy atom. The van der Waals surface area contributed by atoms with Crippen LogP contribution in [0.4, 0.5) is 13.2 Å². The predicted molar refractivity (Wildman–Crippen MR) is 78.1 cm³/mol. The molecule has 0 aliphatic rings. The van der Waals surface area contributed by atoms with Crippen LogP contribution in [0.1, 0.15) is 0 Å². The number of aliphatic hydroxyl groups is 1. The number of rotatable bonds is 5. The van der Waals surface area contributed by atoms with E-state index in [2.05, 4.69) is 0 Å². The third-order valence-corrected chi connectivity index (χ3v) is 8.20. The molecule has 0 aliphatic heterocycles. The van der Waals surface area contributed by atoms with E-state index in [-0.39, 0.29) is 0 Å². The largest absolute Gasteiger partial charge is 0.391 e. The molecule has 0 radical (unpaired) electrons. The lowest BCUT2D eigenvalue weighted by Gasteiger charge is -2.23. The maximum atomic E-state index is 15.0. The van der Waals surface area contributed by atoms with E-state index in [1.807, 2.05) is 0 Å². The van der Waals surface area contributed by atoms with E-state index < -0.39 is 52.0 Å². The van der Waals surface area contributed by atoms with Crippen molar-refractivity contribution in [3.8, 4) is 0 Å². The molecule has 0 unspecified atom stereocenters. The van der Waals surface area contributed by atoms with Crippen LogP contribution >= 0.6 is 0 Å². The normalized spacial score (nSPS) is 13.0. The van der Waals surface area contributed by atoms with Crippen LogP contribution in [0.5, 0.6) is 0 Å². The SMILES string of the molecule is O=S(=O)(c1ccc(F)cc1)C(F)(CO)S(=O)(=O)c1ccc(F)cc1. The van der Waals surface area contributed by atoms with Crippen molar-refractivity contribution in [1.82, 2.24) is 0 Å². The number of halogens is 3. The summed E-state index contributed by atoms with van der Waals surface area (Å²) in [5.74, 6) is -1.63. The Bertz CT molecular complexity index is 861. The van der Waals surface area contributed by atoms with Crippen molar-refractivity contribution >= 4 is 19.7 Å². The van der Waals surface area contributed by atoms with Gasteiger partial charge in [0.05, 0.1) is 9.79 Å². The van der Waals surface area contributed by atoms with Crippen molar-refractivity contribution in [2.45, 2.75) is 14.1 Å². The second kappa shape index (κ2) is 6.19. The first-order valence-electron chi connectivity index (χ1n) is 6.36. The van der Waals surface area contributed by atoms with E-state index in [4.69, 9.17) is 0 Å². The highest BCUT2D eigenvalue weighted by molar-refractivity contribution is 8.10. The Labute approximate surface area is 136 Å². The number of aliphatic hydroxyl groups excluding tert-OH is 1. The standard InChI is InChI=1S/C14H11F3O5S2/c15-10-1-5-12(6-2-10)23(19,20)14(17,9-18)24(21,22)13-7-3-11(16)4-8-13/h1-8,18H,9H2. The Balaban J connectivity index is 2.66. The number of benzene rings is 2. The summed E-state index contributed by atoms with van der Waals surface area (Å²) >= 11 is 0. The average Bonchev–Trinajstić information content (AvgIpc) is 2.54. The molecule has 0 saturated heterocycles. The summed E-state index contributed by atoms with van der Waals surface area (Å²) in [6.07, 6.45) is 0. The molecular formula is C14H11F3O5S2. The van der Waals surface area contributed by atoms with Crippen LogP contribution < -0.4 is 0 Å². The molecule has 2 rings (SSSR count). The van der Waals surface area contributed by atoms with Gasteiger partial charge < -0.3 is 5.11 Å². The zero-order valence-corrected chi connectivity index (χ0v) is 13.5. The zero-order valence-electron chi connectivity index (χ0n) is 11.9. The molecule has 24 heavy (non-hydrogen) atoms. The van der Waals surface area contributed by atoms with Crippen molar-refractivity contribution < 1.29 is 35.1 Å². The van der Waals surface area contributed by atoms with Gasteiger partial charge in [-0.2, -0.15) is 0 Å². The topological polar surface area (TPSA) is 88.5 Å². The minimum atomic E-state index is -5.25. The summed E-state index contributed by atoms with van der Waals surface area (Å²) in [5.41, 5.74) is 0. The fraction of sp³-hybridized carbons (Fsp3) is 0.143. The first kappa shape index (κ1) is 18.4. The van der Waals surface area contributed by atoms with Gasteiger partial charge in [0.1, 0.15) is 18.2 Å². The molecule has 0 amide bonds. The number of hydrogen-bond donors (Lipinski definition) is 1. The Hall–Kier alpha value is -1.91. The second-order valence-electron chi connectivity index (χ2n) is 4.73. The van der Waals surface area contributed by atoms with E-state index in [9.17, 15) is 30.7 Å². The third kappa shape index (κ3) is 2.80. The van der Waals surface area contributed by atoms with Crippen molar-refractivity contribution in [2.24, 2.45) is 0 Å². The van der Waals surface area contributed by atoms with Crippen LogP contribution in [0.3, 0.4) is 0 Å². The van der Waals surface area contributed by atoms with Gasteiger partial charge in [-0.05, 0) is 48.5 Å². The molecule has 0 fully saturated rings. The van der Waals surface area contributed by atoms with Crippen LogP contribution in [0.2, 0.25) is 0 Å². The minimum Gasteiger partial charge on any atom is -0.391 e. The zero-order chi connectivity index (χ0) is 18.2. The van der Waals surface area contributed by atoms with Gasteiger partial charge in [0, 0.05) is 0 Å². The smallest absolute Gasteiger partial charge is 0.340 e. The van der Waals surface area contributed by atoms with E-state index in [0.29, 0.717) is 48.5 Å². The molecule has 0 atom stereocenters. The summed E-state index contributed by atoms with van der Waals surface area (Å²) in [6, 6.07) is 5.52. The maximum absolute atomic E-state index is 15.0. The monoisotopic (exact) mass is 380 g/mol. The van der Waals surface area contributed by atoms with Crippen LogP contribution in [-0.4, -0.2) is 32.9 Å². The fourth-order valence-electron chi connectivity index (χ4n) is 1.89. The fourth-order valence-corrected chi connectivity index (χ4v) is 5.66. The van der Waals surface area contributed by atoms with Crippen molar-refractivity contribution in [1.29, 1.82) is 0 Å². The van der Waals surface area contributed by atoms with Gasteiger partial charge >= 0.3 is 4.33 Å². The summed E-state index contributed by atoms with van der Waals surface area (Å²) in [4.78, 5) is -1.66. The van der Waals surface area contributed by atoms with E-state index in [1.54, 1.807) is 0 Å². The van der Waals surface area contributed by atoms with Gasteiger partial charge in [0.2, 0.25) is 19.7 Å². The molecular weight excluding hydrogens is 369 g/mol. The number of sulfone groups is 2. The van der Waals surface area contributed by atoms with Gasteiger partial charge in [0.25, 0.3) is 0 Å². The molecule has 0 spiro atoms. The van der Waals surface area contributed by atoms with Gasteiger partial charge in [-0.3, -0.25) is 0 Å². The average molecular weight is 380 g/mol.